The fourth-order valence-electron chi connectivity index (χ4n) is 2.79. The summed E-state index contributed by atoms with van der Waals surface area (Å²) in [5, 5.41) is 11.8. The zero-order valence-electron chi connectivity index (χ0n) is 11.1. The standard InChI is InChI=1S/C13H19N5/c1-8-4-5-11(9(8)2)15-12-13-17-16-10(3)18(13)7-6-14-12/h6-9,11H,4-5H2,1-3H3,(H,14,15). The Morgan fingerprint density at radius 1 is 1.28 bits per heavy atom. The van der Waals surface area contributed by atoms with Gasteiger partial charge in [0, 0.05) is 18.4 Å². The summed E-state index contributed by atoms with van der Waals surface area (Å²) in [5.41, 5.74) is 0.821. The number of rotatable bonds is 2. The van der Waals surface area contributed by atoms with Crippen molar-refractivity contribution in [1.29, 1.82) is 0 Å². The third-order valence-electron chi connectivity index (χ3n) is 4.28. The van der Waals surface area contributed by atoms with Gasteiger partial charge in [0.1, 0.15) is 5.82 Å². The van der Waals surface area contributed by atoms with E-state index in [-0.39, 0.29) is 0 Å². The van der Waals surface area contributed by atoms with Crippen molar-refractivity contribution >= 4 is 11.5 Å². The van der Waals surface area contributed by atoms with Crippen molar-refractivity contribution in [2.24, 2.45) is 11.8 Å². The first-order valence-corrected chi connectivity index (χ1v) is 6.59. The van der Waals surface area contributed by atoms with Gasteiger partial charge in [-0.1, -0.05) is 13.8 Å². The molecule has 5 nitrogen and oxygen atoms in total. The van der Waals surface area contributed by atoms with E-state index >= 15 is 0 Å². The summed E-state index contributed by atoms with van der Waals surface area (Å²) in [5.74, 6) is 3.20. The van der Waals surface area contributed by atoms with E-state index in [9.17, 15) is 0 Å². The van der Waals surface area contributed by atoms with Crippen molar-refractivity contribution in [3.63, 3.8) is 0 Å². The number of aryl methyl sites for hydroxylation is 1. The van der Waals surface area contributed by atoms with E-state index < -0.39 is 0 Å². The lowest BCUT2D eigenvalue weighted by Gasteiger charge is -2.20. The molecule has 0 bridgehead atoms. The molecule has 1 aliphatic carbocycles. The molecule has 0 saturated heterocycles. The summed E-state index contributed by atoms with van der Waals surface area (Å²) in [6, 6.07) is 0.496. The van der Waals surface area contributed by atoms with Crippen LogP contribution in [-0.2, 0) is 0 Å². The van der Waals surface area contributed by atoms with E-state index in [0.717, 1.165) is 23.2 Å². The topological polar surface area (TPSA) is 55.1 Å². The van der Waals surface area contributed by atoms with Crippen LogP contribution in [0.4, 0.5) is 5.82 Å². The highest BCUT2D eigenvalue weighted by Gasteiger charge is 2.30. The number of aromatic nitrogens is 4. The van der Waals surface area contributed by atoms with Gasteiger partial charge in [0.15, 0.2) is 5.82 Å². The van der Waals surface area contributed by atoms with Crippen molar-refractivity contribution in [2.45, 2.75) is 39.7 Å². The molecule has 2 aromatic heterocycles. The molecule has 1 N–H and O–H groups in total. The van der Waals surface area contributed by atoms with Gasteiger partial charge in [-0.15, -0.1) is 10.2 Å². The molecule has 96 valence electrons. The van der Waals surface area contributed by atoms with E-state index in [1.807, 2.05) is 17.5 Å². The van der Waals surface area contributed by atoms with Crippen molar-refractivity contribution in [3.8, 4) is 0 Å². The molecule has 2 aromatic rings. The molecule has 0 amide bonds. The lowest BCUT2D eigenvalue weighted by atomic mass is 9.98. The van der Waals surface area contributed by atoms with Gasteiger partial charge in [-0.3, -0.25) is 4.40 Å². The second-order valence-corrected chi connectivity index (χ2v) is 5.38. The Labute approximate surface area is 107 Å². The Morgan fingerprint density at radius 2 is 2.11 bits per heavy atom. The molecular weight excluding hydrogens is 226 g/mol. The lowest BCUT2D eigenvalue weighted by molar-refractivity contribution is 0.435. The van der Waals surface area contributed by atoms with Gasteiger partial charge in [0.2, 0.25) is 5.65 Å². The van der Waals surface area contributed by atoms with E-state index in [2.05, 4.69) is 34.3 Å². The molecule has 1 fully saturated rings. The average molecular weight is 245 g/mol. The molecule has 0 radical (unpaired) electrons. The number of anilines is 1. The average Bonchev–Trinajstić information content (AvgIpc) is 2.89. The molecular formula is C13H19N5. The Hall–Kier alpha value is -1.65. The highest BCUT2D eigenvalue weighted by molar-refractivity contribution is 5.62. The highest BCUT2D eigenvalue weighted by Crippen LogP contribution is 2.33. The van der Waals surface area contributed by atoms with Gasteiger partial charge in [0.25, 0.3) is 0 Å². The van der Waals surface area contributed by atoms with E-state index in [1.54, 1.807) is 6.20 Å². The molecule has 5 heteroatoms. The first kappa shape index (κ1) is 11.4. The smallest absolute Gasteiger partial charge is 0.203 e. The maximum absolute atomic E-state index is 4.41. The van der Waals surface area contributed by atoms with Crippen LogP contribution in [0.2, 0.25) is 0 Å². The number of nitrogens with one attached hydrogen (secondary N) is 1. The third-order valence-corrected chi connectivity index (χ3v) is 4.28. The molecule has 0 aliphatic heterocycles. The van der Waals surface area contributed by atoms with Crippen LogP contribution in [0.3, 0.4) is 0 Å². The van der Waals surface area contributed by atoms with Crippen LogP contribution in [0, 0.1) is 18.8 Å². The Morgan fingerprint density at radius 3 is 2.83 bits per heavy atom. The van der Waals surface area contributed by atoms with Crippen LogP contribution < -0.4 is 5.32 Å². The van der Waals surface area contributed by atoms with Crippen LogP contribution in [0.1, 0.15) is 32.5 Å². The van der Waals surface area contributed by atoms with Crippen molar-refractivity contribution in [1.82, 2.24) is 19.6 Å². The number of nitrogens with zero attached hydrogens (tertiary/aromatic N) is 4. The van der Waals surface area contributed by atoms with Crippen LogP contribution >= 0.6 is 0 Å². The SMILES string of the molecule is Cc1nnc2c(NC3CCC(C)C3C)nccn12. The normalized spacial score (nSPS) is 27.8. The van der Waals surface area contributed by atoms with Crippen LogP contribution in [0.25, 0.3) is 5.65 Å². The second-order valence-electron chi connectivity index (χ2n) is 5.38. The number of hydrogen-bond donors (Lipinski definition) is 1. The van der Waals surface area contributed by atoms with Gasteiger partial charge < -0.3 is 5.32 Å². The Bertz CT molecular complexity index is 562. The number of fused-ring (bicyclic) bond motifs is 1. The Balaban J connectivity index is 1.91. The molecule has 3 atom stereocenters. The van der Waals surface area contributed by atoms with Gasteiger partial charge >= 0.3 is 0 Å². The van der Waals surface area contributed by atoms with Crippen molar-refractivity contribution in [2.75, 3.05) is 5.32 Å². The second kappa shape index (κ2) is 4.23. The third kappa shape index (κ3) is 1.74. The lowest BCUT2D eigenvalue weighted by Crippen LogP contribution is -2.24. The zero-order chi connectivity index (χ0) is 12.7. The highest BCUT2D eigenvalue weighted by atomic mass is 15.3. The summed E-state index contributed by atoms with van der Waals surface area (Å²) < 4.78 is 1.97. The van der Waals surface area contributed by atoms with Crippen LogP contribution in [-0.4, -0.2) is 25.6 Å². The summed E-state index contributed by atoms with van der Waals surface area (Å²) >= 11 is 0. The van der Waals surface area contributed by atoms with Gasteiger partial charge in [-0.05, 0) is 31.6 Å². The molecule has 3 rings (SSSR count). The monoisotopic (exact) mass is 245 g/mol. The fourth-order valence-corrected chi connectivity index (χ4v) is 2.79. The summed E-state index contributed by atoms with van der Waals surface area (Å²) in [6.07, 6.45) is 6.19. The predicted octanol–water partition coefficient (Wildman–Crippen LogP) is 2.28. The molecule has 0 aromatic carbocycles. The molecule has 2 heterocycles. The van der Waals surface area contributed by atoms with Gasteiger partial charge in [0.05, 0.1) is 0 Å². The minimum Gasteiger partial charge on any atom is -0.364 e. The predicted molar refractivity (Wildman–Crippen MR) is 70.5 cm³/mol. The summed E-state index contributed by atoms with van der Waals surface area (Å²) in [4.78, 5) is 4.41. The largest absolute Gasteiger partial charge is 0.364 e. The molecule has 1 saturated carbocycles. The minimum atomic E-state index is 0.496. The molecule has 1 aliphatic rings. The fraction of sp³-hybridized carbons (Fsp3) is 0.615. The van der Waals surface area contributed by atoms with Crippen LogP contribution in [0.5, 0.6) is 0 Å². The van der Waals surface area contributed by atoms with Crippen LogP contribution in [0.15, 0.2) is 12.4 Å². The first-order chi connectivity index (χ1) is 8.66. The van der Waals surface area contributed by atoms with Crippen molar-refractivity contribution < 1.29 is 0 Å². The first-order valence-electron chi connectivity index (χ1n) is 6.59. The van der Waals surface area contributed by atoms with E-state index in [0.29, 0.717) is 12.0 Å². The zero-order valence-corrected chi connectivity index (χ0v) is 11.1. The van der Waals surface area contributed by atoms with E-state index in [1.165, 1.54) is 12.8 Å². The maximum atomic E-state index is 4.41. The molecule has 18 heavy (non-hydrogen) atoms. The minimum absolute atomic E-state index is 0.496. The molecule has 3 unspecified atom stereocenters. The van der Waals surface area contributed by atoms with Gasteiger partial charge in [-0.25, -0.2) is 4.98 Å². The quantitative estimate of drug-likeness (QED) is 0.882. The molecule has 0 spiro atoms. The summed E-state index contributed by atoms with van der Waals surface area (Å²) in [7, 11) is 0. The van der Waals surface area contributed by atoms with E-state index in [4.69, 9.17) is 0 Å². The van der Waals surface area contributed by atoms with Gasteiger partial charge in [-0.2, -0.15) is 0 Å². The number of hydrogen-bond acceptors (Lipinski definition) is 4. The maximum Gasteiger partial charge on any atom is 0.203 e. The Kier molecular flexibility index (Phi) is 2.69. The summed E-state index contributed by atoms with van der Waals surface area (Å²) in [6.45, 7) is 6.58. The van der Waals surface area contributed by atoms with Crippen molar-refractivity contribution in [3.05, 3.63) is 18.2 Å².